The van der Waals surface area contributed by atoms with Gasteiger partial charge >= 0.3 is 0 Å². The minimum Gasteiger partial charge on any atom is -0.451 e. The van der Waals surface area contributed by atoms with E-state index in [9.17, 15) is 4.79 Å². The Hall–Kier alpha value is -0.585. The second kappa shape index (κ2) is 16.3. The highest BCUT2D eigenvalue weighted by Gasteiger charge is 2.28. The first-order valence-electron chi connectivity index (χ1n) is 9.32. The van der Waals surface area contributed by atoms with Crippen molar-refractivity contribution in [2.45, 2.75) is 72.6 Å². The summed E-state index contributed by atoms with van der Waals surface area (Å²) in [4.78, 5) is 14.1. The molecule has 0 aromatic rings. The highest BCUT2D eigenvalue weighted by molar-refractivity contribution is 6.48. The minimum absolute atomic E-state index is 0.116. The third-order valence-electron chi connectivity index (χ3n) is 3.92. The maximum atomic E-state index is 12.0. The number of nitrogens with one attached hydrogen (secondary N) is 1. The van der Waals surface area contributed by atoms with E-state index < -0.39 is 0 Å². The zero-order valence-corrected chi connectivity index (χ0v) is 16.3. The van der Waals surface area contributed by atoms with E-state index in [1.54, 1.807) is 6.82 Å². The fourth-order valence-corrected chi connectivity index (χ4v) is 2.51. The van der Waals surface area contributed by atoms with Gasteiger partial charge in [-0.05, 0) is 45.2 Å². The Morgan fingerprint density at radius 3 is 2.26 bits per heavy atom. The summed E-state index contributed by atoms with van der Waals surface area (Å²) in [5.74, 6) is 1.03. The summed E-state index contributed by atoms with van der Waals surface area (Å²) in [5.41, 5.74) is 4.50. The quantitative estimate of drug-likeness (QED) is 0.679. The van der Waals surface area contributed by atoms with Crippen molar-refractivity contribution in [3.63, 3.8) is 0 Å². The number of rotatable bonds is 2. The van der Waals surface area contributed by atoms with Crippen molar-refractivity contribution in [3.8, 4) is 0 Å². The number of nitrogens with zero attached hydrogens (tertiary/aromatic N) is 1. The lowest BCUT2D eigenvalue weighted by atomic mass is 9.69. The van der Waals surface area contributed by atoms with Crippen LogP contribution in [-0.2, 0) is 4.79 Å². The molecule has 2 unspecified atom stereocenters. The summed E-state index contributed by atoms with van der Waals surface area (Å²) in [6, 6.07) is 0.125. The van der Waals surface area contributed by atoms with Crippen LogP contribution in [0.3, 0.4) is 0 Å². The fraction of sp³-hybridized carbons (Fsp3) is 0.941. The van der Waals surface area contributed by atoms with Gasteiger partial charge in [-0.15, -0.1) is 0 Å². The molecule has 138 valence electrons. The molecule has 0 radical (unpaired) electrons. The van der Waals surface area contributed by atoms with Crippen molar-refractivity contribution < 1.29 is 9.82 Å². The van der Waals surface area contributed by atoms with Crippen LogP contribution >= 0.6 is 0 Å². The molecule has 2 atom stereocenters. The summed E-state index contributed by atoms with van der Waals surface area (Å²) < 4.78 is 0. The van der Waals surface area contributed by atoms with Crippen molar-refractivity contribution in [1.29, 1.82) is 0 Å². The molecule has 2 saturated heterocycles. The van der Waals surface area contributed by atoms with E-state index in [0.717, 1.165) is 38.8 Å². The molecule has 6 heteroatoms. The Morgan fingerprint density at radius 1 is 1.30 bits per heavy atom. The van der Waals surface area contributed by atoms with Gasteiger partial charge in [0.15, 0.2) is 0 Å². The maximum absolute atomic E-state index is 12.0. The highest BCUT2D eigenvalue weighted by atomic mass is 16.2. The van der Waals surface area contributed by atoms with E-state index in [2.05, 4.69) is 22.9 Å². The summed E-state index contributed by atoms with van der Waals surface area (Å²) in [6.45, 7) is 12.8. The van der Waals surface area contributed by atoms with E-state index in [-0.39, 0.29) is 13.0 Å². The predicted octanol–water partition coefficient (Wildman–Crippen LogP) is 2.22. The van der Waals surface area contributed by atoms with Crippen LogP contribution in [-0.4, -0.2) is 55.5 Å². The Bertz CT molecular complexity index is 273. The Morgan fingerprint density at radius 2 is 1.87 bits per heavy atom. The van der Waals surface area contributed by atoms with E-state index in [4.69, 9.17) is 5.02 Å². The van der Waals surface area contributed by atoms with Gasteiger partial charge in [0.1, 0.15) is 0 Å². The second-order valence-electron chi connectivity index (χ2n) is 5.94. The van der Waals surface area contributed by atoms with E-state index in [1.807, 2.05) is 20.8 Å². The van der Waals surface area contributed by atoms with Gasteiger partial charge in [0.25, 0.3) is 6.92 Å². The van der Waals surface area contributed by atoms with Crippen LogP contribution in [0.1, 0.15) is 53.4 Å². The lowest BCUT2D eigenvalue weighted by molar-refractivity contribution is -0.134. The standard InChI is InChI=1S/C11H20N2O.C3H9BO.C2H6.CH5N/c1-9-4-3-7-13(8-9)11(14)10-5-2-6-12-10;1-3-4(2)5;2*1-2/h9-10,12H,2-8H2,1H3;5H,3H2,1-2H3;1-2H3;2H2,1H3. The molecule has 1 amide bonds. The average molecular weight is 329 g/mol. The highest BCUT2D eigenvalue weighted by Crippen LogP contribution is 2.18. The molecule has 4 N–H and O–H groups in total. The van der Waals surface area contributed by atoms with Crippen LogP contribution in [0, 0.1) is 5.92 Å². The summed E-state index contributed by atoms with van der Waals surface area (Å²) in [5, 5.41) is 11.6. The molecule has 0 saturated carbocycles. The number of carbonyl (C=O) groups excluding carboxylic acids is 1. The lowest BCUT2D eigenvalue weighted by Crippen LogP contribution is -2.47. The zero-order chi connectivity index (χ0) is 18.3. The van der Waals surface area contributed by atoms with Crippen molar-refractivity contribution in [2.75, 3.05) is 26.7 Å². The number of hydrogen-bond donors (Lipinski definition) is 3. The first kappa shape index (κ1) is 24.7. The zero-order valence-electron chi connectivity index (χ0n) is 16.3. The largest absolute Gasteiger partial charge is 0.451 e. The van der Waals surface area contributed by atoms with Crippen LogP contribution in [0.25, 0.3) is 0 Å². The van der Waals surface area contributed by atoms with Gasteiger partial charge in [-0.2, -0.15) is 0 Å². The molecule has 0 aromatic heterocycles. The lowest BCUT2D eigenvalue weighted by Gasteiger charge is -2.32. The molecule has 0 aliphatic carbocycles. The van der Waals surface area contributed by atoms with Crippen molar-refractivity contribution >= 4 is 12.8 Å². The van der Waals surface area contributed by atoms with E-state index in [1.165, 1.54) is 19.9 Å². The van der Waals surface area contributed by atoms with Crippen molar-refractivity contribution in [1.82, 2.24) is 10.2 Å². The molecule has 2 aliphatic rings. The van der Waals surface area contributed by atoms with Crippen LogP contribution in [0.15, 0.2) is 0 Å². The number of carbonyl (C=O) groups is 1. The average Bonchev–Trinajstić information content (AvgIpc) is 3.13. The molecular formula is C17H40BN3O2. The van der Waals surface area contributed by atoms with Crippen LogP contribution in [0.5, 0.6) is 0 Å². The van der Waals surface area contributed by atoms with Crippen molar-refractivity contribution in [2.24, 2.45) is 11.7 Å². The Kier molecular flexibility index (Phi) is 17.5. The number of nitrogens with two attached hydrogens (primary N) is 1. The summed E-state index contributed by atoms with van der Waals surface area (Å²) in [6.07, 6.45) is 5.50. The molecule has 2 heterocycles. The van der Waals surface area contributed by atoms with Crippen LogP contribution < -0.4 is 11.1 Å². The topological polar surface area (TPSA) is 78.6 Å². The van der Waals surface area contributed by atoms with Gasteiger partial charge in [0.2, 0.25) is 5.91 Å². The SMILES string of the molecule is CC.CC1CCCN(C(=O)C2CCCN2)C1.CCB(C)O.CN. The summed E-state index contributed by atoms with van der Waals surface area (Å²) >= 11 is 0. The van der Waals surface area contributed by atoms with Gasteiger partial charge in [0.05, 0.1) is 6.04 Å². The van der Waals surface area contributed by atoms with E-state index >= 15 is 0 Å². The molecule has 23 heavy (non-hydrogen) atoms. The van der Waals surface area contributed by atoms with Gasteiger partial charge < -0.3 is 21.0 Å². The monoisotopic (exact) mass is 329 g/mol. The smallest absolute Gasteiger partial charge is 0.285 e. The third kappa shape index (κ3) is 11.6. The van der Waals surface area contributed by atoms with Gasteiger partial charge in [-0.3, -0.25) is 4.79 Å². The Balaban J connectivity index is 0. The summed E-state index contributed by atoms with van der Waals surface area (Å²) in [7, 11) is 1.50. The normalized spacial score (nSPS) is 22.5. The Labute approximate surface area is 144 Å². The number of hydrogen-bond acceptors (Lipinski definition) is 4. The number of amides is 1. The first-order chi connectivity index (χ1) is 11.0. The third-order valence-corrected chi connectivity index (χ3v) is 3.92. The van der Waals surface area contributed by atoms with Crippen LogP contribution in [0.2, 0.25) is 13.1 Å². The fourth-order valence-electron chi connectivity index (χ4n) is 2.51. The molecule has 2 aliphatic heterocycles. The molecule has 0 spiro atoms. The molecule has 0 bridgehead atoms. The van der Waals surface area contributed by atoms with Crippen molar-refractivity contribution in [3.05, 3.63) is 0 Å². The molecule has 2 fully saturated rings. The van der Waals surface area contributed by atoms with Crippen LogP contribution in [0.4, 0.5) is 0 Å². The molecular weight excluding hydrogens is 289 g/mol. The first-order valence-corrected chi connectivity index (χ1v) is 9.32. The van der Waals surface area contributed by atoms with Gasteiger partial charge in [0, 0.05) is 13.1 Å². The molecule has 0 aromatic carbocycles. The molecule has 2 rings (SSSR count). The van der Waals surface area contributed by atoms with E-state index in [0.29, 0.717) is 11.8 Å². The predicted molar refractivity (Wildman–Crippen MR) is 102 cm³/mol. The van der Waals surface area contributed by atoms with Gasteiger partial charge in [-0.25, -0.2) is 0 Å². The number of piperidine rings is 1. The number of likely N-dealkylation sites (tertiary alicyclic amines) is 1. The minimum atomic E-state index is -0.116. The second-order valence-corrected chi connectivity index (χ2v) is 5.94. The maximum Gasteiger partial charge on any atom is 0.285 e. The van der Waals surface area contributed by atoms with Gasteiger partial charge in [-0.1, -0.05) is 40.8 Å². The molecule has 5 nitrogen and oxygen atoms in total.